The molecule has 1 aromatic rings. The van der Waals surface area contributed by atoms with Crippen LogP contribution >= 0.6 is 0 Å². The molecule has 1 fully saturated rings. The monoisotopic (exact) mass is 384 g/mol. The summed E-state index contributed by atoms with van der Waals surface area (Å²) in [6, 6.07) is 8.73. The molecule has 2 aliphatic rings. The van der Waals surface area contributed by atoms with Crippen LogP contribution in [0.5, 0.6) is 0 Å². The van der Waals surface area contributed by atoms with Crippen LogP contribution in [0.3, 0.4) is 0 Å². The highest BCUT2D eigenvalue weighted by atomic mass is 16.2. The molecule has 1 aliphatic heterocycles. The van der Waals surface area contributed by atoms with Crippen molar-refractivity contribution in [3.8, 4) is 0 Å². The first kappa shape index (κ1) is 20.9. The summed E-state index contributed by atoms with van der Waals surface area (Å²) in [5.41, 5.74) is 2.94. The maximum atomic E-state index is 12.8. The van der Waals surface area contributed by atoms with Crippen molar-refractivity contribution in [1.82, 2.24) is 9.80 Å². The van der Waals surface area contributed by atoms with Crippen molar-refractivity contribution in [3.05, 3.63) is 35.4 Å². The van der Waals surface area contributed by atoms with Crippen LogP contribution in [0.15, 0.2) is 24.3 Å². The van der Waals surface area contributed by atoms with Crippen LogP contribution in [0.1, 0.15) is 76.8 Å². The summed E-state index contributed by atoms with van der Waals surface area (Å²) < 4.78 is 0. The lowest BCUT2D eigenvalue weighted by Crippen LogP contribution is -2.44. The third-order valence-electron chi connectivity index (χ3n) is 6.80. The van der Waals surface area contributed by atoms with E-state index in [2.05, 4.69) is 56.9 Å². The van der Waals surface area contributed by atoms with Crippen molar-refractivity contribution in [2.75, 3.05) is 26.2 Å². The predicted octanol–water partition coefficient (Wildman–Crippen LogP) is 4.34. The summed E-state index contributed by atoms with van der Waals surface area (Å²) in [7, 11) is 0. The molecule has 4 nitrogen and oxygen atoms in total. The molecule has 1 saturated heterocycles. The average Bonchev–Trinajstić information content (AvgIpc) is 2.96. The minimum absolute atomic E-state index is 0.138. The maximum absolute atomic E-state index is 12.8. The Labute approximate surface area is 170 Å². The summed E-state index contributed by atoms with van der Waals surface area (Å²) in [4.78, 5) is 29.2. The number of benzene rings is 1. The number of carbonyl (C=O) groups is 2. The Balaban J connectivity index is 1.74. The fourth-order valence-corrected chi connectivity index (χ4v) is 5.26. The van der Waals surface area contributed by atoms with Crippen molar-refractivity contribution < 1.29 is 9.59 Å². The number of likely N-dealkylation sites (tertiary alicyclic amines) is 1. The number of rotatable bonds is 6. The maximum Gasteiger partial charge on any atom is 0.223 e. The number of amides is 2. The van der Waals surface area contributed by atoms with Gasteiger partial charge in [-0.05, 0) is 61.5 Å². The van der Waals surface area contributed by atoms with Crippen molar-refractivity contribution in [2.24, 2.45) is 5.92 Å². The number of fused-ring (bicyclic) bond motifs is 2. The third kappa shape index (κ3) is 4.11. The lowest BCUT2D eigenvalue weighted by molar-refractivity contribution is -0.133. The highest BCUT2D eigenvalue weighted by Gasteiger charge is 2.46. The first-order valence-electron chi connectivity index (χ1n) is 11.0. The van der Waals surface area contributed by atoms with Gasteiger partial charge in [0, 0.05) is 39.0 Å². The Hall–Kier alpha value is -1.84. The standard InChI is InChI=1S/C24H36N2O2/c1-5-25(6-2)23(28)16-19-17-24(21-10-8-7-9-20(19)21)11-13-26(14-12-24)22(27)15-18(3)4/h7-10,18-19H,5-6,11-17H2,1-4H3. The molecule has 1 unspecified atom stereocenters. The molecule has 4 heteroatoms. The molecular weight excluding hydrogens is 348 g/mol. The van der Waals surface area contributed by atoms with Gasteiger partial charge in [-0.15, -0.1) is 0 Å². The van der Waals surface area contributed by atoms with Crippen LogP contribution in [0, 0.1) is 5.92 Å². The SMILES string of the molecule is CCN(CC)C(=O)CC1CC2(CCN(C(=O)CC(C)C)CC2)c2ccccc21. The van der Waals surface area contributed by atoms with Gasteiger partial charge in [0.2, 0.25) is 11.8 Å². The van der Waals surface area contributed by atoms with E-state index in [4.69, 9.17) is 0 Å². The number of carbonyl (C=O) groups excluding carboxylic acids is 2. The molecular formula is C24H36N2O2. The van der Waals surface area contributed by atoms with E-state index in [1.54, 1.807) is 0 Å². The van der Waals surface area contributed by atoms with Gasteiger partial charge < -0.3 is 9.80 Å². The van der Waals surface area contributed by atoms with E-state index < -0.39 is 0 Å². The fourth-order valence-electron chi connectivity index (χ4n) is 5.26. The average molecular weight is 385 g/mol. The minimum atomic E-state index is 0.138. The molecule has 0 bridgehead atoms. The van der Waals surface area contributed by atoms with Gasteiger partial charge >= 0.3 is 0 Å². The van der Waals surface area contributed by atoms with Gasteiger partial charge in [-0.1, -0.05) is 38.1 Å². The first-order chi connectivity index (χ1) is 13.4. The number of nitrogens with zero attached hydrogens (tertiary/aromatic N) is 2. The topological polar surface area (TPSA) is 40.6 Å². The second-order valence-electron chi connectivity index (χ2n) is 9.02. The smallest absolute Gasteiger partial charge is 0.223 e. The number of hydrogen-bond donors (Lipinski definition) is 0. The molecule has 0 N–H and O–H groups in total. The molecule has 0 saturated carbocycles. The van der Waals surface area contributed by atoms with Crippen LogP contribution < -0.4 is 0 Å². The van der Waals surface area contributed by atoms with Gasteiger partial charge in [0.15, 0.2) is 0 Å². The molecule has 0 radical (unpaired) electrons. The minimum Gasteiger partial charge on any atom is -0.343 e. The molecule has 1 atom stereocenters. The zero-order valence-electron chi connectivity index (χ0n) is 18.0. The van der Waals surface area contributed by atoms with Gasteiger partial charge in [0.1, 0.15) is 0 Å². The number of piperidine rings is 1. The molecule has 3 rings (SSSR count). The molecule has 1 aromatic carbocycles. The van der Waals surface area contributed by atoms with Crippen LogP contribution in [0.4, 0.5) is 0 Å². The van der Waals surface area contributed by atoms with Gasteiger partial charge in [0.25, 0.3) is 0 Å². The zero-order valence-corrected chi connectivity index (χ0v) is 18.0. The summed E-state index contributed by atoms with van der Waals surface area (Å²) in [5, 5.41) is 0. The van der Waals surface area contributed by atoms with Crippen molar-refractivity contribution >= 4 is 11.8 Å². The van der Waals surface area contributed by atoms with Crippen LogP contribution in [0.2, 0.25) is 0 Å². The quantitative estimate of drug-likeness (QED) is 0.732. The lowest BCUT2D eigenvalue weighted by atomic mass is 9.73. The highest BCUT2D eigenvalue weighted by molar-refractivity contribution is 5.78. The van der Waals surface area contributed by atoms with E-state index in [0.717, 1.165) is 45.4 Å². The second kappa shape index (κ2) is 8.67. The Bertz CT molecular complexity index is 700. The number of hydrogen-bond acceptors (Lipinski definition) is 2. The van der Waals surface area contributed by atoms with E-state index in [1.807, 2.05) is 4.90 Å². The van der Waals surface area contributed by atoms with Crippen LogP contribution in [-0.2, 0) is 15.0 Å². The Kier molecular flexibility index (Phi) is 6.47. The largest absolute Gasteiger partial charge is 0.343 e. The Morgan fingerprint density at radius 3 is 2.39 bits per heavy atom. The summed E-state index contributed by atoms with van der Waals surface area (Å²) in [6.07, 6.45) is 4.33. The molecule has 154 valence electrons. The van der Waals surface area contributed by atoms with Gasteiger partial charge in [-0.3, -0.25) is 9.59 Å². The van der Waals surface area contributed by atoms with E-state index in [1.165, 1.54) is 11.1 Å². The summed E-state index contributed by atoms with van der Waals surface area (Å²) >= 11 is 0. The second-order valence-corrected chi connectivity index (χ2v) is 9.02. The molecule has 1 heterocycles. The van der Waals surface area contributed by atoms with Gasteiger partial charge in [-0.2, -0.15) is 0 Å². The normalized spacial score (nSPS) is 20.5. The van der Waals surface area contributed by atoms with E-state index >= 15 is 0 Å². The van der Waals surface area contributed by atoms with Crippen molar-refractivity contribution in [1.29, 1.82) is 0 Å². The van der Waals surface area contributed by atoms with Crippen LogP contribution in [0.25, 0.3) is 0 Å². The lowest BCUT2D eigenvalue weighted by Gasteiger charge is -2.40. The van der Waals surface area contributed by atoms with Crippen molar-refractivity contribution in [2.45, 2.75) is 71.1 Å². The van der Waals surface area contributed by atoms with Gasteiger partial charge in [0.05, 0.1) is 0 Å². The Morgan fingerprint density at radius 1 is 1.14 bits per heavy atom. The Morgan fingerprint density at radius 2 is 1.79 bits per heavy atom. The van der Waals surface area contributed by atoms with Crippen LogP contribution in [-0.4, -0.2) is 47.8 Å². The molecule has 1 aliphatic carbocycles. The van der Waals surface area contributed by atoms with E-state index in [-0.39, 0.29) is 11.3 Å². The first-order valence-corrected chi connectivity index (χ1v) is 11.0. The molecule has 0 aromatic heterocycles. The van der Waals surface area contributed by atoms with Crippen molar-refractivity contribution in [3.63, 3.8) is 0 Å². The highest BCUT2D eigenvalue weighted by Crippen LogP contribution is 2.52. The zero-order chi connectivity index (χ0) is 20.3. The summed E-state index contributed by atoms with van der Waals surface area (Å²) in [5.74, 6) is 1.28. The third-order valence-corrected chi connectivity index (χ3v) is 6.80. The fraction of sp³-hybridized carbons (Fsp3) is 0.667. The summed E-state index contributed by atoms with van der Waals surface area (Å²) in [6.45, 7) is 11.6. The van der Waals surface area contributed by atoms with E-state index in [0.29, 0.717) is 30.6 Å². The molecule has 1 spiro atoms. The predicted molar refractivity (Wildman–Crippen MR) is 113 cm³/mol. The molecule has 28 heavy (non-hydrogen) atoms. The molecule has 2 amide bonds. The van der Waals surface area contributed by atoms with E-state index in [9.17, 15) is 9.59 Å². The van der Waals surface area contributed by atoms with Gasteiger partial charge in [-0.25, -0.2) is 0 Å².